The maximum absolute atomic E-state index is 5.76. The fourth-order valence-electron chi connectivity index (χ4n) is 3.01. The van der Waals surface area contributed by atoms with Crippen molar-refractivity contribution in [2.45, 2.75) is 39.2 Å². The van der Waals surface area contributed by atoms with Gasteiger partial charge in [0.15, 0.2) is 17.5 Å². The first-order chi connectivity index (χ1) is 12.3. The van der Waals surface area contributed by atoms with Crippen molar-refractivity contribution in [3.05, 3.63) is 18.2 Å². The van der Waals surface area contributed by atoms with Gasteiger partial charge in [-0.25, -0.2) is 0 Å². The van der Waals surface area contributed by atoms with Gasteiger partial charge in [0.05, 0.1) is 19.8 Å². The van der Waals surface area contributed by atoms with Gasteiger partial charge in [-0.2, -0.15) is 0 Å². The number of halogens is 1. The van der Waals surface area contributed by atoms with Crippen LogP contribution in [0.5, 0.6) is 11.5 Å². The molecule has 26 heavy (non-hydrogen) atoms. The Balaban J connectivity index is 0.00000243. The van der Waals surface area contributed by atoms with Crippen LogP contribution in [0.2, 0.25) is 0 Å². The molecule has 0 bridgehead atoms. The lowest BCUT2D eigenvalue weighted by molar-refractivity contribution is 0.286. The molecule has 0 aromatic heterocycles. The normalized spacial score (nSPS) is 16.7. The van der Waals surface area contributed by atoms with Crippen molar-refractivity contribution in [1.82, 2.24) is 10.2 Å². The van der Waals surface area contributed by atoms with Crippen LogP contribution in [-0.4, -0.2) is 56.3 Å². The van der Waals surface area contributed by atoms with E-state index in [4.69, 9.17) is 14.5 Å². The second kappa shape index (κ2) is 10.8. The highest BCUT2D eigenvalue weighted by molar-refractivity contribution is 14.0. The Bertz CT molecular complexity index is 593. The van der Waals surface area contributed by atoms with E-state index in [2.05, 4.69) is 29.4 Å². The van der Waals surface area contributed by atoms with Crippen LogP contribution in [0.4, 0.5) is 5.69 Å². The second-order valence-corrected chi connectivity index (χ2v) is 6.46. The first-order valence-electron chi connectivity index (χ1n) is 9.49. The molecule has 0 amide bonds. The summed E-state index contributed by atoms with van der Waals surface area (Å²) in [5.74, 6) is 2.42. The quantitative estimate of drug-likeness (QED) is 0.361. The lowest BCUT2D eigenvalue weighted by Gasteiger charge is -2.19. The van der Waals surface area contributed by atoms with Gasteiger partial charge < -0.3 is 20.1 Å². The highest BCUT2D eigenvalue weighted by Gasteiger charge is 2.27. The molecule has 0 unspecified atom stereocenters. The van der Waals surface area contributed by atoms with E-state index in [0.717, 1.165) is 61.8 Å². The van der Waals surface area contributed by atoms with Crippen molar-refractivity contribution in [3.63, 3.8) is 0 Å². The molecule has 0 radical (unpaired) electrons. The minimum Gasteiger partial charge on any atom is -0.490 e. The van der Waals surface area contributed by atoms with E-state index in [1.807, 2.05) is 18.2 Å². The number of guanidine groups is 1. The third-order valence-electron chi connectivity index (χ3n) is 4.48. The summed E-state index contributed by atoms with van der Waals surface area (Å²) in [6.07, 6.45) is 3.59. The third-order valence-corrected chi connectivity index (χ3v) is 4.48. The molecular weight excluding hydrogens is 443 g/mol. The number of rotatable bonds is 7. The topological polar surface area (TPSA) is 58.1 Å². The zero-order valence-corrected chi connectivity index (χ0v) is 18.1. The van der Waals surface area contributed by atoms with Gasteiger partial charge in [0, 0.05) is 37.3 Å². The van der Waals surface area contributed by atoms with Gasteiger partial charge in [0.25, 0.3) is 0 Å². The number of aliphatic imine (C=N–C) groups is 1. The summed E-state index contributed by atoms with van der Waals surface area (Å²) in [4.78, 5) is 7.23. The molecule has 1 aliphatic carbocycles. The van der Waals surface area contributed by atoms with Crippen LogP contribution in [0.25, 0.3) is 0 Å². The zero-order valence-electron chi connectivity index (χ0n) is 15.8. The number of benzene rings is 1. The number of hydrogen-bond donors (Lipinski definition) is 2. The number of likely N-dealkylation sites (N-methyl/N-ethyl adjacent to an activating group) is 1. The van der Waals surface area contributed by atoms with Gasteiger partial charge in [0.2, 0.25) is 0 Å². The molecule has 1 aliphatic heterocycles. The Hall–Kier alpha value is -1.22. The van der Waals surface area contributed by atoms with Crippen molar-refractivity contribution in [3.8, 4) is 11.5 Å². The number of anilines is 1. The van der Waals surface area contributed by atoms with Crippen LogP contribution >= 0.6 is 24.0 Å². The molecule has 0 saturated heterocycles. The largest absolute Gasteiger partial charge is 0.490 e. The molecule has 1 aromatic carbocycles. The van der Waals surface area contributed by atoms with Crippen molar-refractivity contribution in [2.75, 3.05) is 44.7 Å². The lowest BCUT2D eigenvalue weighted by atomic mass is 10.3. The molecule has 1 heterocycles. The summed E-state index contributed by atoms with van der Waals surface area (Å²) >= 11 is 0. The maximum Gasteiger partial charge on any atom is 0.195 e. The first-order valence-corrected chi connectivity index (χ1v) is 9.49. The summed E-state index contributed by atoms with van der Waals surface area (Å²) in [5, 5.41) is 6.68. The van der Waals surface area contributed by atoms with E-state index < -0.39 is 0 Å². The number of fused-ring (bicyclic) bond motifs is 1. The molecule has 1 saturated carbocycles. The lowest BCUT2D eigenvalue weighted by Crippen LogP contribution is -2.33. The van der Waals surface area contributed by atoms with E-state index >= 15 is 0 Å². The Morgan fingerprint density at radius 2 is 1.96 bits per heavy atom. The van der Waals surface area contributed by atoms with Crippen LogP contribution < -0.4 is 20.1 Å². The Kier molecular flexibility index (Phi) is 8.77. The fourth-order valence-corrected chi connectivity index (χ4v) is 3.01. The smallest absolute Gasteiger partial charge is 0.195 e. The van der Waals surface area contributed by atoms with E-state index in [1.165, 1.54) is 12.8 Å². The third kappa shape index (κ3) is 6.19. The molecular formula is C19H31IN4O2. The van der Waals surface area contributed by atoms with E-state index in [-0.39, 0.29) is 24.0 Å². The second-order valence-electron chi connectivity index (χ2n) is 6.46. The van der Waals surface area contributed by atoms with Crippen LogP contribution in [0, 0.1) is 0 Å². The van der Waals surface area contributed by atoms with Gasteiger partial charge in [-0.1, -0.05) is 6.92 Å². The molecule has 2 N–H and O–H groups in total. The maximum atomic E-state index is 5.76. The molecule has 146 valence electrons. The van der Waals surface area contributed by atoms with E-state index in [0.29, 0.717) is 13.2 Å². The summed E-state index contributed by atoms with van der Waals surface area (Å²) in [6.45, 7) is 9.44. The highest BCUT2D eigenvalue weighted by atomic mass is 127. The number of nitrogens with one attached hydrogen (secondary N) is 2. The monoisotopic (exact) mass is 474 g/mol. The van der Waals surface area contributed by atoms with Gasteiger partial charge in [-0.05, 0) is 38.4 Å². The summed E-state index contributed by atoms with van der Waals surface area (Å²) < 4.78 is 11.4. The van der Waals surface area contributed by atoms with Gasteiger partial charge in [-0.15, -0.1) is 24.0 Å². The predicted octanol–water partition coefficient (Wildman–Crippen LogP) is 3.33. The van der Waals surface area contributed by atoms with E-state index in [9.17, 15) is 0 Å². The van der Waals surface area contributed by atoms with Crippen LogP contribution in [0.1, 0.15) is 33.1 Å². The SMILES string of the molecule is CCNC(=NCCN(CC)C1CC1)Nc1ccc2c(c1)OCCCO2.I. The van der Waals surface area contributed by atoms with Gasteiger partial charge in [0.1, 0.15) is 0 Å². The summed E-state index contributed by atoms with van der Waals surface area (Å²) in [6, 6.07) is 6.73. The van der Waals surface area contributed by atoms with Crippen molar-refractivity contribution in [2.24, 2.45) is 4.99 Å². The number of nitrogens with zero attached hydrogens (tertiary/aromatic N) is 2. The highest BCUT2D eigenvalue weighted by Crippen LogP contribution is 2.32. The molecule has 6 nitrogen and oxygen atoms in total. The molecule has 1 fully saturated rings. The minimum atomic E-state index is 0. The number of ether oxygens (including phenoxy) is 2. The van der Waals surface area contributed by atoms with Crippen molar-refractivity contribution >= 4 is 35.6 Å². The van der Waals surface area contributed by atoms with Crippen molar-refractivity contribution in [1.29, 1.82) is 0 Å². The van der Waals surface area contributed by atoms with E-state index in [1.54, 1.807) is 0 Å². The standard InChI is InChI=1S/C19H30N4O2.HI/c1-3-20-19(21-10-11-23(4-2)16-7-8-16)22-15-6-9-17-18(14-15)25-13-5-12-24-17;/h6,9,14,16H,3-5,7-8,10-13H2,1-2H3,(H2,20,21,22);1H. The summed E-state index contributed by atoms with van der Waals surface area (Å²) in [5.41, 5.74) is 0.957. The van der Waals surface area contributed by atoms with Crippen LogP contribution in [0.3, 0.4) is 0 Å². The molecule has 3 rings (SSSR count). The van der Waals surface area contributed by atoms with Crippen LogP contribution in [-0.2, 0) is 0 Å². The van der Waals surface area contributed by atoms with Crippen molar-refractivity contribution < 1.29 is 9.47 Å². The predicted molar refractivity (Wildman–Crippen MR) is 117 cm³/mol. The Morgan fingerprint density at radius 3 is 2.65 bits per heavy atom. The zero-order chi connectivity index (χ0) is 17.5. The summed E-state index contributed by atoms with van der Waals surface area (Å²) in [7, 11) is 0. The molecule has 1 aromatic rings. The molecule has 2 aliphatic rings. The fraction of sp³-hybridized carbons (Fsp3) is 0.632. The molecule has 0 spiro atoms. The van der Waals surface area contributed by atoms with Gasteiger partial charge >= 0.3 is 0 Å². The Labute approximate surface area is 173 Å². The first kappa shape index (κ1) is 21.1. The molecule has 7 heteroatoms. The van der Waals surface area contributed by atoms with Crippen LogP contribution in [0.15, 0.2) is 23.2 Å². The Morgan fingerprint density at radius 1 is 1.19 bits per heavy atom. The van der Waals surface area contributed by atoms with Gasteiger partial charge in [-0.3, -0.25) is 9.89 Å². The average Bonchev–Trinajstić information content (AvgIpc) is 3.45. The number of hydrogen-bond acceptors (Lipinski definition) is 4. The minimum absolute atomic E-state index is 0. The molecule has 0 atom stereocenters. The average molecular weight is 474 g/mol.